The Bertz CT molecular complexity index is 921. The van der Waals surface area contributed by atoms with Crippen LogP contribution in [0.3, 0.4) is 0 Å². The highest BCUT2D eigenvalue weighted by Gasteiger charge is 2.21. The van der Waals surface area contributed by atoms with Crippen LogP contribution in [0.15, 0.2) is 53.4 Å². The number of ether oxygens (including phenoxy) is 1. The summed E-state index contributed by atoms with van der Waals surface area (Å²) in [4.78, 5) is 14.6. The summed E-state index contributed by atoms with van der Waals surface area (Å²) in [5.74, 6) is 1.21. The lowest BCUT2D eigenvalue weighted by Crippen LogP contribution is -2.38. The Morgan fingerprint density at radius 1 is 0.967 bits per heavy atom. The quantitative estimate of drug-likeness (QED) is 0.511. The van der Waals surface area contributed by atoms with E-state index < -0.39 is 10.1 Å². The number of carbonyl (C=O) groups excluding carboxylic acids is 1. The van der Waals surface area contributed by atoms with E-state index in [0.29, 0.717) is 24.6 Å². The molecular formula is C23H31NO5S. The summed E-state index contributed by atoms with van der Waals surface area (Å²) in [5, 5.41) is 0. The molecule has 7 heteroatoms. The van der Waals surface area contributed by atoms with E-state index in [9.17, 15) is 13.2 Å². The molecule has 30 heavy (non-hydrogen) atoms. The largest absolute Gasteiger partial charge is 0.497 e. The standard InChI is InChI=1S/C23H31NO5S/c1-6-18(4)24(23(25)15-17(2)3)16-19-7-9-21(10-8-19)29-30(26,27)22-13-11-20(28-5)12-14-22/h7-14,17-18H,6,15-16H2,1-5H3. The molecule has 0 saturated carbocycles. The highest BCUT2D eigenvalue weighted by molar-refractivity contribution is 7.87. The van der Waals surface area contributed by atoms with Crippen LogP contribution in [0.2, 0.25) is 0 Å². The molecule has 6 nitrogen and oxygen atoms in total. The van der Waals surface area contributed by atoms with E-state index in [1.165, 1.54) is 19.2 Å². The average molecular weight is 434 g/mol. The number of hydrogen-bond acceptors (Lipinski definition) is 5. The number of benzene rings is 2. The number of rotatable bonds is 10. The van der Waals surface area contributed by atoms with Gasteiger partial charge in [0.1, 0.15) is 16.4 Å². The third-order valence-corrected chi connectivity index (χ3v) is 6.12. The molecule has 2 aromatic rings. The SMILES string of the molecule is CCC(C)N(Cc1ccc(OS(=O)(=O)c2ccc(OC)cc2)cc1)C(=O)CC(C)C. The second kappa shape index (κ2) is 10.5. The molecule has 1 atom stereocenters. The van der Waals surface area contributed by atoms with Crippen LogP contribution in [-0.4, -0.2) is 32.4 Å². The molecular weight excluding hydrogens is 402 g/mol. The molecule has 2 aromatic carbocycles. The predicted molar refractivity (Wildman–Crippen MR) is 117 cm³/mol. The summed E-state index contributed by atoms with van der Waals surface area (Å²) in [5.41, 5.74) is 0.918. The van der Waals surface area contributed by atoms with Crippen molar-refractivity contribution in [2.45, 2.75) is 58.0 Å². The van der Waals surface area contributed by atoms with Gasteiger partial charge in [-0.15, -0.1) is 0 Å². The molecule has 0 radical (unpaired) electrons. The fourth-order valence-corrected chi connectivity index (χ4v) is 3.87. The van der Waals surface area contributed by atoms with Crippen molar-refractivity contribution in [1.82, 2.24) is 4.90 Å². The minimum Gasteiger partial charge on any atom is -0.497 e. The first kappa shape index (κ1) is 23.7. The molecule has 0 bridgehead atoms. The van der Waals surface area contributed by atoms with Crippen LogP contribution in [0.4, 0.5) is 0 Å². The van der Waals surface area contributed by atoms with Gasteiger partial charge in [0.05, 0.1) is 7.11 Å². The summed E-state index contributed by atoms with van der Waals surface area (Å²) in [6.45, 7) is 8.63. The fraction of sp³-hybridized carbons (Fsp3) is 0.435. The van der Waals surface area contributed by atoms with Crippen molar-refractivity contribution in [3.63, 3.8) is 0 Å². The fourth-order valence-electron chi connectivity index (χ4n) is 2.94. The zero-order valence-electron chi connectivity index (χ0n) is 18.3. The maximum absolute atomic E-state index is 12.6. The first-order chi connectivity index (χ1) is 14.2. The number of methoxy groups -OCH3 is 1. The van der Waals surface area contributed by atoms with Crippen LogP contribution in [0.1, 0.15) is 46.1 Å². The lowest BCUT2D eigenvalue weighted by Gasteiger charge is -2.29. The van der Waals surface area contributed by atoms with Gasteiger partial charge in [-0.2, -0.15) is 8.42 Å². The van der Waals surface area contributed by atoms with Gasteiger partial charge in [-0.3, -0.25) is 4.79 Å². The van der Waals surface area contributed by atoms with Crippen LogP contribution >= 0.6 is 0 Å². The minimum absolute atomic E-state index is 0.0506. The van der Waals surface area contributed by atoms with Gasteiger partial charge in [0.15, 0.2) is 0 Å². The zero-order valence-corrected chi connectivity index (χ0v) is 19.1. The molecule has 164 valence electrons. The van der Waals surface area contributed by atoms with E-state index in [1.54, 1.807) is 36.4 Å². The Morgan fingerprint density at radius 2 is 1.53 bits per heavy atom. The van der Waals surface area contributed by atoms with Crippen LogP contribution in [0.5, 0.6) is 11.5 Å². The Kier molecular flexibility index (Phi) is 8.29. The van der Waals surface area contributed by atoms with Gasteiger partial charge in [-0.25, -0.2) is 0 Å². The van der Waals surface area contributed by atoms with Gasteiger partial charge in [-0.1, -0.05) is 32.9 Å². The summed E-state index contributed by atoms with van der Waals surface area (Å²) in [7, 11) is -2.42. The molecule has 0 N–H and O–H groups in total. The van der Waals surface area contributed by atoms with Crippen molar-refractivity contribution in [2.75, 3.05) is 7.11 Å². The van der Waals surface area contributed by atoms with E-state index in [0.717, 1.165) is 12.0 Å². The van der Waals surface area contributed by atoms with Crippen LogP contribution in [0.25, 0.3) is 0 Å². The molecule has 0 heterocycles. The zero-order chi connectivity index (χ0) is 22.3. The van der Waals surface area contributed by atoms with Crippen molar-refractivity contribution in [3.05, 3.63) is 54.1 Å². The summed E-state index contributed by atoms with van der Waals surface area (Å²) in [6, 6.07) is 12.9. The Balaban J connectivity index is 2.11. The van der Waals surface area contributed by atoms with E-state index in [1.807, 2.05) is 25.7 Å². The smallest absolute Gasteiger partial charge is 0.339 e. The Labute approximate surface area is 179 Å². The van der Waals surface area contributed by atoms with E-state index in [-0.39, 0.29) is 22.6 Å². The molecule has 2 rings (SSSR count). The monoisotopic (exact) mass is 433 g/mol. The number of amides is 1. The average Bonchev–Trinajstić information content (AvgIpc) is 2.71. The van der Waals surface area contributed by atoms with Gasteiger partial charge in [0.2, 0.25) is 5.91 Å². The first-order valence-corrected chi connectivity index (χ1v) is 11.5. The predicted octanol–water partition coefficient (Wildman–Crippen LogP) is 4.64. The third-order valence-electron chi connectivity index (χ3n) is 4.86. The summed E-state index contributed by atoms with van der Waals surface area (Å²) < 4.78 is 35.2. The van der Waals surface area contributed by atoms with Crippen molar-refractivity contribution in [3.8, 4) is 11.5 Å². The molecule has 1 amide bonds. The lowest BCUT2D eigenvalue weighted by atomic mass is 10.1. The molecule has 0 fully saturated rings. The van der Waals surface area contributed by atoms with Crippen molar-refractivity contribution >= 4 is 16.0 Å². The topological polar surface area (TPSA) is 72.9 Å². The number of carbonyl (C=O) groups is 1. The second-order valence-corrected chi connectivity index (χ2v) is 9.28. The second-order valence-electron chi connectivity index (χ2n) is 7.73. The Hall–Kier alpha value is -2.54. The van der Waals surface area contributed by atoms with Gasteiger partial charge >= 0.3 is 10.1 Å². The summed E-state index contributed by atoms with van der Waals surface area (Å²) in [6.07, 6.45) is 1.37. The first-order valence-electron chi connectivity index (χ1n) is 10.1. The van der Waals surface area contributed by atoms with Gasteiger partial charge in [0, 0.05) is 19.0 Å². The summed E-state index contributed by atoms with van der Waals surface area (Å²) >= 11 is 0. The highest BCUT2D eigenvalue weighted by atomic mass is 32.2. The number of nitrogens with zero attached hydrogens (tertiary/aromatic N) is 1. The molecule has 0 saturated heterocycles. The van der Waals surface area contributed by atoms with Crippen LogP contribution < -0.4 is 8.92 Å². The van der Waals surface area contributed by atoms with Crippen molar-refractivity contribution < 1.29 is 22.1 Å². The van der Waals surface area contributed by atoms with Gasteiger partial charge < -0.3 is 13.8 Å². The lowest BCUT2D eigenvalue weighted by molar-refractivity contribution is -0.134. The highest BCUT2D eigenvalue weighted by Crippen LogP contribution is 2.22. The van der Waals surface area contributed by atoms with Crippen molar-refractivity contribution in [1.29, 1.82) is 0 Å². The van der Waals surface area contributed by atoms with Crippen LogP contribution in [0, 0.1) is 5.92 Å². The molecule has 1 unspecified atom stereocenters. The third kappa shape index (κ3) is 6.49. The number of hydrogen-bond donors (Lipinski definition) is 0. The van der Waals surface area contributed by atoms with Gasteiger partial charge in [0.25, 0.3) is 0 Å². The normalized spacial score (nSPS) is 12.5. The maximum Gasteiger partial charge on any atom is 0.339 e. The van der Waals surface area contributed by atoms with E-state index in [2.05, 4.69) is 6.92 Å². The molecule has 0 aliphatic heterocycles. The molecule has 0 aliphatic rings. The Morgan fingerprint density at radius 3 is 2.03 bits per heavy atom. The minimum atomic E-state index is -3.94. The molecule has 0 aromatic heterocycles. The molecule has 0 aliphatic carbocycles. The van der Waals surface area contributed by atoms with E-state index in [4.69, 9.17) is 8.92 Å². The molecule has 0 spiro atoms. The van der Waals surface area contributed by atoms with Gasteiger partial charge in [-0.05, 0) is 61.2 Å². The van der Waals surface area contributed by atoms with E-state index >= 15 is 0 Å². The van der Waals surface area contributed by atoms with Crippen LogP contribution in [-0.2, 0) is 21.5 Å². The van der Waals surface area contributed by atoms with Crippen molar-refractivity contribution in [2.24, 2.45) is 5.92 Å². The maximum atomic E-state index is 12.6.